The van der Waals surface area contributed by atoms with E-state index in [0.29, 0.717) is 17.1 Å². The average molecular weight is 346 g/mol. The average Bonchev–Trinajstić information content (AvgIpc) is 2.61. The maximum Gasteiger partial charge on any atom is 0.155 e. The van der Waals surface area contributed by atoms with Crippen molar-refractivity contribution in [2.75, 3.05) is 5.48 Å². The van der Waals surface area contributed by atoms with Crippen LogP contribution in [0.3, 0.4) is 0 Å². The second kappa shape index (κ2) is 8.79. The number of halogens is 2. The predicted molar refractivity (Wildman–Crippen MR) is 95.1 cm³/mol. The van der Waals surface area contributed by atoms with Crippen molar-refractivity contribution in [1.29, 1.82) is 0 Å². The Hall–Kier alpha value is -2.72. The SMILES string of the molecule is Cl.Fc1ccccc1COc1ccc(ONc2ccccc2)cc1. The third kappa shape index (κ3) is 4.89. The van der Waals surface area contributed by atoms with Crippen LogP contribution in [0.4, 0.5) is 10.1 Å². The quantitative estimate of drug-likeness (QED) is 0.620. The van der Waals surface area contributed by atoms with Crippen molar-refractivity contribution in [1.82, 2.24) is 0 Å². The summed E-state index contributed by atoms with van der Waals surface area (Å²) in [4.78, 5) is 5.46. The Labute approximate surface area is 146 Å². The molecule has 0 amide bonds. The first kappa shape index (κ1) is 17.6. The van der Waals surface area contributed by atoms with Crippen LogP contribution in [0, 0.1) is 5.82 Å². The molecule has 0 heterocycles. The first-order valence-electron chi connectivity index (χ1n) is 7.25. The van der Waals surface area contributed by atoms with Gasteiger partial charge in [-0.05, 0) is 42.5 Å². The molecular formula is C19H17ClFNO2. The van der Waals surface area contributed by atoms with Gasteiger partial charge in [0.05, 0.1) is 5.69 Å². The highest BCUT2D eigenvalue weighted by Gasteiger charge is 2.02. The summed E-state index contributed by atoms with van der Waals surface area (Å²) in [6.07, 6.45) is 0. The Bertz CT molecular complexity index is 751. The van der Waals surface area contributed by atoms with E-state index in [1.807, 2.05) is 30.3 Å². The number of rotatable bonds is 6. The molecule has 3 rings (SSSR count). The smallest absolute Gasteiger partial charge is 0.155 e. The van der Waals surface area contributed by atoms with Crippen molar-refractivity contribution in [3.05, 3.63) is 90.2 Å². The van der Waals surface area contributed by atoms with Crippen molar-refractivity contribution >= 4 is 18.1 Å². The highest BCUT2D eigenvalue weighted by atomic mass is 35.5. The van der Waals surface area contributed by atoms with Crippen LogP contribution in [-0.2, 0) is 6.61 Å². The molecule has 0 aliphatic rings. The van der Waals surface area contributed by atoms with Gasteiger partial charge in [0.15, 0.2) is 5.75 Å². The van der Waals surface area contributed by atoms with Crippen LogP contribution < -0.4 is 15.1 Å². The molecule has 0 radical (unpaired) electrons. The zero-order chi connectivity index (χ0) is 15.9. The van der Waals surface area contributed by atoms with E-state index in [1.165, 1.54) is 6.07 Å². The van der Waals surface area contributed by atoms with Crippen LogP contribution in [0.5, 0.6) is 11.5 Å². The van der Waals surface area contributed by atoms with Gasteiger partial charge in [-0.15, -0.1) is 12.4 Å². The summed E-state index contributed by atoms with van der Waals surface area (Å²) in [7, 11) is 0. The molecule has 0 bridgehead atoms. The highest BCUT2D eigenvalue weighted by Crippen LogP contribution is 2.20. The molecule has 0 aliphatic carbocycles. The van der Waals surface area contributed by atoms with Gasteiger partial charge in [-0.25, -0.2) is 9.87 Å². The molecule has 0 aliphatic heterocycles. The molecule has 0 spiro atoms. The normalized spacial score (nSPS) is 9.71. The summed E-state index contributed by atoms with van der Waals surface area (Å²) in [5, 5.41) is 0. The van der Waals surface area contributed by atoms with Crippen molar-refractivity contribution < 1.29 is 14.0 Å². The molecule has 3 aromatic rings. The first-order chi connectivity index (χ1) is 11.3. The topological polar surface area (TPSA) is 30.5 Å². The van der Waals surface area contributed by atoms with Gasteiger partial charge in [-0.2, -0.15) is 0 Å². The third-order valence-corrected chi connectivity index (χ3v) is 3.24. The van der Waals surface area contributed by atoms with Crippen molar-refractivity contribution in [3.63, 3.8) is 0 Å². The Morgan fingerprint density at radius 2 is 1.38 bits per heavy atom. The Kier molecular flexibility index (Phi) is 6.46. The lowest BCUT2D eigenvalue weighted by molar-refractivity contribution is 0.299. The predicted octanol–water partition coefficient (Wildman–Crippen LogP) is 5.23. The molecule has 5 heteroatoms. The fraction of sp³-hybridized carbons (Fsp3) is 0.0526. The second-order valence-corrected chi connectivity index (χ2v) is 4.92. The van der Waals surface area contributed by atoms with E-state index in [9.17, 15) is 4.39 Å². The maximum atomic E-state index is 13.5. The largest absolute Gasteiger partial charge is 0.489 e. The van der Waals surface area contributed by atoms with E-state index in [0.717, 1.165) is 5.69 Å². The van der Waals surface area contributed by atoms with Gasteiger partial charge in [-0.1, -0.05) is 36.4 Å². The van der Waals surface area contributed by atoms with E-state index in [-0.39, 0.29) is 24.8 Å². The van der Waals surface area contributed by atoms with Crippen molar-refractivity contribution in [3.8, 4) is 11.5 Å². The molecule has 3 aromatic carbocycles. The minimum absolute atomic E-state index is 0. The molecule has 0 fully saturated rings. The monoisotopic (exact) mass is 345 g/mol. The summed E-state index contributed by atoms with van der Waals surface area (Å²) in [5.74, 6) is 1.05. The third-order valence-electron chi connectivity index (χ3n) is 3.24. The van der Waals surface area contributed by atoms with Gasteiger partial charge >= 0.3 is 0 Å². The van der Waals surface area contributed by atoms with Gasteiger partial charge in [0, 0.05) is 5.56 Å². The van der Waals surface area contributed by atoms with E-state index in [4.69, 9.17) is 9.57 Å². The van der Waals surface area contributed by atoms with Crippen LogP contribution in [0.15, 0.2) is 78.9 Å². The standard InChI is InChI=1S/C19H16FNO2.ClH/c20-19-9-5-4-6-15(19)14-22-17-10-12-18(13-11-17)23-21-16-7-2-1-3-8-16;/h1-13,21H,14H2;1H. The highest BCUT2D eigenvalue weighted by molar-refractivity contribution is 5.85. The van der Waals surface area contributed by atoms with Crippen LogP contribution in [0.2, 0.25) is 0 Å². The molecule has 0 saturated heterocycles. The summed E-state index contributed by atoms with van der Waals surface area (Å²) >= 11 is 0. The van der Waals surface area contributed by atoms with Crippen LogP contribution in [-0.4, -0.2) is 0 Å². The number of para-hydroxylation sites is 1. The molecule has 0 aromatic heterocycles. The van der Waals surface area contributed by atoms with Crippen molar-refractivity contribution in [2.45, 2.75) is 6.61 Å². The number of ether oxygens (including phenoxy) is 1. The summed E-state index contributed by atoms with van der Waals surface area (Å²) in [5.41, 5.74) is 4.25. The Morgan fingerprint density at radius 1 is 0.750 bits per heavy atom. The van der Waals surface area contributed by atoms with E-state index < -0.39 is 0 Å². The van der Waals surface area contributed by atoms with Crippen LogP contribution >= 0.6 is 12.4 Å². The lowest BCUT2D eigenvalue weighted by Gasteiger charge is -2.10. The van der Waals surface area contributed by atoms with E-state index >= 15 is 0 Å². The van der Waals surface area contributed by atoms with Gasteiger partial charge in [0.1, 0.15) is 18.2 Å². The molecular weight excluding hydrogens is 329 g/mol. The minimum Gasteiger partial charge on any atom is -0.489 e. The minimum atomic E-state index is -0.264. The molecule has 24 heavy (non-hydrogen) atoms. The van der Waals surface area contributed by atoms with Crippen LogP contribution in [0.1, 0.15) is 5.56 Å². The fourth-order valence-corrected chi connectivity index (χ4v) is 2.00. The summed E-state index contributed by atoms with van der Waals surface area (Å²) < 4.78 is 19.1. The molecule has 1 N–H and O–H groups in total. The fourth-order valence-electron chi connectivity index (χ4n) is 2.00. The van der Waals surface area contributed by atoms with Gasteiger partial charge in [0.25, 0.3) is 0 Å². The van der Waals surface area contributed by atoms with Crippen molar-refractivity contribution in [2.24, 2.45) is 0 Å². The molecule has 0 atom stereocenters. The Balaban J connectivity index is 0.00000208. The number of hydrogen-bond donors (Lipinski definition) is 1. The van der Waals surface area contributed by atoms with Gasteiger partial charge in [0.2, 0.25) is 0 Å². The van der Waals surface area contributed by atoms with Gasteiger partial charge in [-0.3, -0.25) is 0 Å². The molecule has 0 saturated carbocycles. The zero-order valence-electron chi connectivity index (χ0n) is 12.8. The number of anilines is 1. The number of hydrogen-bond acceptors (Lipinski definition) is 3. The second-order valence-electron chi connectivity index (χ2n) is 4.92. The number of benzene rings is 3. The van der Waals surface area contributed by atoms with Crippen LogP contribution in [0.25, 0.3) is 0 Å². The molecule has 3 nitrogen and oxygen atoms in total. The molecule has 124 valence electrons. The van der Waals surface area contributed by atoms with Gasteiger partial charge < -0.3 is 9.57 Å². The van der Waals surface area contributed by atoms with E-state index in [1.54, 1.807) is 42.5 Å². The molecule has 0 unspecified atom stereocenters. The maximum absolute atomic E-state index is 13.5. The number of nitrogens with one attached hydrogen (secondary N) is 1. The Morgan fingerprint density at radius 3 is 2.08 bits per heavy atom. The van der Waals surface area contributed by atoms with E-state index in [2.05, 4.69) is 5.48 Å². The lowest BCUT2D eigenvalue weighted by atomic mass is 10.2. The lowest BCUT2D eigenvalue weighted by Crippen LogP contribution is -2.04. The zero-order valence-corrected chi connectivity index (χ0v) is 13.6. The summed E-state index contributed by atoms with van der Waals surface area (Å²) in [6, 6.07) is 23.3. The summed E-state index contributed by atoms with van der Waals surface area (Å²) in [6.45, 7) is 0.190. The first-order valence-corrected chi connectivity index (χ1v) is 7.25.